The second-order valence-electron chi connectivity index (χ2n) is 4.96. The molecular formula is C15H25N3O. The van der Waals surface area contributed by atoms with E-state index in [2.05, 4.69) is 17.2 Å². The summed E-state index contributed by atoms with van der Waals surface area (Å²) in [4.78, 5) is 18.7. The molecule has 0 fully saturated rings. The van der Waals surface area contributed by atoms with Crippen molar-refractivity contribution < 1.29 is 4.79 Å². The van der Waals surface area contributed by atoms with Crippen molar-refractivity contribution in [3.63, 3.8) is 0 Å². The summed E-state index contributed by atoms with van der Waals surface area (Å²) in [7, 11) is 1.80. The third kappa shape index (κ3) is 4.54. The molecular weight excluding hydrogens is 238 g/mol. The Balaban J connectivity index is 2.80. The number of carbonyl (C=O) groups is 1. The van der Waals surface area contributed by atoms with Crippen molar-refractivity contribution in [3.05, 3.63) is 23.9 Å². The summed E-state index contributed by atoms with van der Waals surface area (Å²) in [6.45, 7) is 7.06. The third-order valence-electron chi connectivity index (χ3n) is 3.11. The summed E-state index contributed by atoms with van der Waals surface area (Å²) in [5.74, 6) is 0.742. The lowest BCUT2D eigenvalue weighted by atomic mass is 10.2. The fraction of sp³-hybridized carbons (Fsp3) is 0.600. The van der Waals surface area contributed by atoms with Gasteiger partial charge < -0.3 is 10.2 Å². The Morgan fingerprint density at radius 3 is 2.68 bits per heavy atom. The number of pyridine rings is 1. The number of anilines is 1. The molecule has 1 aromatic heterocycles. The van der Waals surface area contributed by atoms with Gasteiger partial charge in [-0.1, -0.05) is 25.8 Å². The van der Waals surface area contributed by atoms with E-state index in [4.69, 9.17) is 0 Å². The van der Waals surface area contributed by atoms with E-state index >= 15 is 0 Å². The van der Waals surface area contributed by atoms with Crippen molar-refractivity contribution >= 4 is 11.7 Å². The van der Waals surface area contributed by atoms with Gasteiger partial charge in [-0.3, -0.25) is 4.79 Å². The minimum atomic E-state index is 0.0169. The zero-order valence-corrected chi connectivity index (χ0v) is 12.4. The molecule has 19 heavy (non-hydrogen) atoms. The normalized spacial score (nSPS) is 10.6. The van der Waals surface area contributed by atoms with Crippen molar-refractivity contribution in [2.24, 2.45) is 0 Å². The Labute approximate surface area is 116 Å². The largest absolute Gasteiger partial charge is 0.373 e. The van der Waals surface area contributed by atoms with Gasteiger partial charge >= 0.3 is 0 Å². The molecule has 1 heterocycles. The zero-order valence-electron chi connectivity index (χ0n) is 12.4. The first-order chi connectivity index (χ1) is 9.10. The molecule has 1 aromatic rings. The summed E-state index contributed by atoms with van der Waals surface area (Å²) in [6.07, 6.45) is 3.36. The number of hydrogen-bond acceptors (Lipinski definition) is 3. The lowest BCUT2D eigenvalue weighted by Crippen LogP contribution is -2.38. The van der Waals surface area contributed by atoms with E-state index in [1.165, 1.54) is 0 Å². The highest BCUT2D eigenvalue weighted by Crippen LogP contribution is 2.11. The van der Waals surface area contributed by atoms with Gasteiger partial charge in [0.25, 0.3) is 5.91 Å². The van der Waals surface area contributed by atoms with Crippen LogP contribution in [0.1, 0.15) is 50.5 Å². The summed E-state index contributed by atoms with van der Waals surface area (Å²) >= 11 is 0. The fourth-order valence-electron chi connectivity index (χ4n) is 1.97. The van der Waals surface area contributed by atoms with Crippen molar-refractivity contribution in [1.29, 1.82) is 0 Å². The second-order valence-corrected chi connectivity index (χ2v) is 4.96. The predicted molar refractivity (Wildman–Crippen MR) is 79.5 cm³/mol. The molecule has 0 aromatic carbocycles. The average molecular weight is 263 g/mol. The van der Waals surface area contributed by atoms with E-state index in [1.807, 2.05) is 30.9 Å². The van der Waals surface area contributed by atoms with Crippen LogP contribution >= 0.6 is 0 Å². The van der Waals surface area contributed by atoms with Crippen LogP contribution in [-0.4, -0.2) is 35.4 Å². The number of aromatic nitrogens is 1. The molecule has 0 atom stereocenters. The molecule has 0 aliphatic rings. The minimum Gasteiger partial charge on any atom is -0.373 e. The van der Waals surface area contributed by atoms with E-state index in [1.54, 1.807) is 13.1 Å². The molecule has 1 N–H and O–H groups in total. The molecule has 4 heteroatoms. The maximum absolute atomic E-state index is 12.5. The SMILES string of the molecule is CCCCCN(C(=O)c1cccc(NC)n1)C(C)C. The van der Waals surface area contributed by atoms with Gasteiger partial charge in [0.15, 0.2) is 0 Å². The van der Waals surface area contributed by atoms with Gasteiger partial charge in [0, 0.05) is 19.6 Å². The van der Waals surface area contributed by atoms with Crippen LogP contribution in [0.2, 0.25) is 0 Å². The van der Waals surface area contributed by atoms with Crippen molar-refractivity contribution in [1.82, 2.24) is 9.88 Å². The van der Waals surface area contributed by atoms with Gasteiger partial charge in [-0.05, 0) is 32.4 Å². The smallest absolute Gasteiger partial charge is 0.272 e. The van der Waals surface area contributed by atoms with Crippen LogP contribution < -0.4 is 5.32 Å². The first kappa shape index (κ1) is 15.5. The zero-order chi connectivity index (χ0) is 14.3. The van der Waals surface area contributed by atoms with Gasteiger partial charge in [-0.25, -0.2) is 4.98 Å². The first-order valence-corrected chi connectivity index (χ1v) is 7.06. The molecule has 0 radical (unpaired) electrons. The van der Waals surface area contributed by atoms with Gasteiger partial charge in [-0.15, -0.1) is 0 Å². The lowest BCUT2D eigenvalue weighted by Gasteiger charge is -2.26. The van der Waals surface area contributed by atoms with Gasteiger partial charge in [0.05, 0.1) is 0 Å². The highest BCUT2D eigenvalue weighted by molar-refractivity contribution is 5.92. The number of rotatable bonds is 7. The van der Waals surface area contributed by atoms with Gasteiger partial charge in [0.2, 0.25) is 0 Å². The highest BCUT2D eigenvalue weighted by atomic mass is 16.2. The number of amides is 1. The van der Waals surface area contributed by atoms with Crippen LogP contribution in [0.3, 0.4) is 0 Å². The third-order valence-corrected chi connectivity index (χ3v) is 3.11. The van der Waals surface area contributed by atoms with Crippen LogP contribution in [0, 0.1) is 0 Å². The molecule has 0 saturated carbocycles. The number of nitrogens with zero attached hydrogens (tertiary/aromatic N) is 2. The molecule has 0 spiro atoms. The molecule has 106 valence electrons. The van der Waals surface area contributed by atoms with Crippen molar-refractivity contribution in [3.8, 4) is 0 Å². The monoisotopic (exact) mass is 263 g/mol. The predicted octanol–water partition coefficient (Wildman–Crippen LogP) is 3.16. The Bertz CT molecular complexity index is 404. The fourth-order valence-corrected chi connectivity index (χ4v) is 1.97. The first-order valence-electron chi connectivity index (χ1n) is 7.06. The topological polar surface area (TPSA) is 45.2 Å². The molecule has 0 aliphatic heterocycles. The average Bonchev–Trinajstić information content (AvgIpc) is 2.42. The van der Waals surface area contributed by atoms with Crippen LogP contribution in [0.4, 0.5) is 5.82 Å². The number of carbonyl (C=O) groups excluding carboxylic acids is 1. The van der Waals surface area contributed by atoms with Gasteiger partial charge in [-0.2, -0.15) is 0 Å². The maximum Gasteiger partial charge on any atom is 0.272 e. The summed E-state index contributed by atoms with van der Waals surface area (Å²) in [6, 6.07) is 5.69. The number of unbranched alkanes of at least 4 members (excludes halogenated alkanes) is 2. The standard InChI is InChI=1S/C15H25N3O/c1-5-6-7-11-18(12(2)3)15(19)13-9-8-10-14(16-4)17-13/h8-10,12H,5-7,11H2,1-4H3,(H,16,17). The van der Waals surface area contributed by atoms with E-state index in [9.17, 15) is 4.79 Å². The summed E-state index contributed by atoms with van der Waals surface area (Å²) < 4.78 is 0. The summed E-state index contributed by atoms with van der Waals surface area (Å²) in [5, 5.41) is 2.96. The minimum absolute atomic E-state index is 0.0169. The molecule has 0 bridgehead atoms. The van der Waals surface area contributed by atoms with Crippen LogP contribution in [0.15, 0.2) is 18.2 Å². The molecule has 1 amide bonds. The molecule has 0 saturated heterocycles. The lowest BCUT2D eigenvalue weighted by molar-refractivity contribution is 0.0696. The molecule has 4 nitrogen and oxygen atoms in total. The Morgan fingerprint density at radius 2 is 2.11 bits per heavy atom. The van der Waals surface area contributed by atoms with Crippen LogP contribution in [0.5, 0.6) is 0 Å². The van der Waals surface area contributed by atoms with Gasteiger partial charge in [0.1, 0.15) is 11.5 Å². The van der Waals surface area contributed by atoms with Crippen molar-refractivity contribution in [2.75, 3.05) is 18.9 Å². The molecule has 0 unspecified atom stereocenters. The number of hydrogen-bond donors (Lipinski definition) is 1. The Hall–Kier alpha value is -1.58. The quantitative estimate of drug-likeness (QED) is 0.769. The van der Waals surface area contributed by atoms with Crippen molar-refractivity contribution in [2.45, 2.75) is 46.1 Å². The Kier molecular flexibility index (Phi) is 6.33. The molecule has 0 aliphatic carbocycles. The maximum atomic E-state index is 12.5. The Morgan fingerprint density at radius 1 is 1.37 bits per heavy atom. The second kappa shape index (κ2) is 7.77. The summed E-state index contributed by atoms with van der Waals surface area (Å²) in [5.41, 5.74) is 0.511. The van der Waals surface area contributed by atoms with E-state index in [0.29, 0.717) is 5.69 Å². The van der Waals surface area contributed by atoms with Crippen LogP contribution in [-0.2, 0) is 0 Å². The number of nitrogens with one attached hydrogen (secondary N) is 1. The molecule has 1 rings (SSSR count). The van der Waals surface area contributed by atoms with E-state index in [-0.39, 0.29) is 11.9 Å². The highest BCUT2D eigenvalue weighted by Gasteiger charge is 2.19. The van der Waals surface area contributed by atoms with Crippen LogP contribution in [0.25, 0.3) is 0 Å². The van der Waals surface area contributed by atoms with E-state index < -0.39 is 0 Å². The van der Waals surface area contributed by atoms with E-state index in [0.717, 1.165) is 31.6 Å².